The average molecular weight is 203 g/mol. The summed E-state index contributed by atoms with van der Waals surface area (Å²) < 4.78 is 0. The maximum Gasteiger partial charge on any atom is 0.404 e. The van der Waals surface area contributed by atoms with Crippen molar-refractivity contribution in [1.82, 2.24) is 10.6 Å². The second kappa shape index (κ2) is 10.3. The molecule has 0 aliphatic carbocycles. The first-order valence-electron chi connectivity index (χ1n) is 5.15. The summed E-state index contributed by atoms with van der Waals surface area (Å²) in [7, 11) is 0. The zero-order chi connectivity index (χ0) is 10.6. The minimum absolute atomic E-state index is 0.561. The Morgan fingerprint density at radius 1 is 1.07 bits per heavy atom. The summed E-state index contributed by atoms with van der Waals surface area (Å²) >= 11 is 0. The van der Waals surface area contributed by atoms with Gasteiger partial charge in [0.05, 0.1) is 0 Å². The van der Waals surface area contributed by atoms with Gasteiger partial charge >= 0.3 is 6.09 Å². The molecule has 0 aliphatic heterocycles. The number of hydrogen-bond donors (Lipinski definition) is 4. The molecule has 0 saturated heterocycles. The molecular weight excluding hydrogens is 182 g/mol. The Kier molecular flexibility index (Phi) is 9.68. The van der Waals surface area contributed by atoms with E-state index in [1.807, 2.05) is 0 Å². The van der Waals surface area contributed by atoms with Crippen LogP contribution in [0, 0.1) is 0 Å². The standard InChI is InChI=1S/C9H21N3O2/c10-5-8-11-6-3-1-2-4-7-12-9(13)14/h11-12H,1-8,10H2,(H,13,14). The van der Waals surface area contributed by atoms with Gasteiger partial charge in [-0.15, -0.1) is 0 Å². The van der Waals surface area contributed by atoms with E-state index in [0.717, 1.165) is 38.8 Å². The van der Waals surface area contributed by atoms with Crippen molar-refractivity contribution in [3.8, 4) is 0 Å². The summed E-state index contributed by atoms with van der Waals surface area (Å²) in [5.41, 5.74) is 5.31. The third-order valence-electron chi connectivity index (χ3n) is 1.88. The van der Waals surface area contributed by atoms with Crippen LogP contribution in [0.2, 0.25) is 0 Å². The van der Waals surface area contributed by atoms with E-state index in [9.17, 15) is 4.79 Å². The first-order valence-corrected chi connectivity index (χ1v) is 5.15. The highest BCUT2D eigenvalue weighted by atomic mass is 16.4. The van der Waals surface area contributed by atoms with Crippen LogP contribution in [0.4, 0.5) is 4.79 Å². The van der Waals surface area contributed by atoms with Crippen molar-refractivity contribution in [3.05, 3.63) is 0 Å². The number of amides is 1. The molecule has 0 radical (unpaired) electrons. The van der Waals surface area contributed by atoms with Crippen LogP contribution in [0.3, 0.4) is 0 Å². The molecule has 14 heavy (non-hydrogen) atoms. The highest BCUT2D eigenvalue weighted by Crippen LogP contribution is 1.97. The van der Waals surface area contributed by atoms with Crippen LogP contribution in [0.25, 0.3) is 0 Å². The minimum atomic E-state index is -0.936. The van der Waals surface area contributed by atoms with E-state index < -0.39 is 6.09 Å². The highest BCUT2D eigenvalue weighted by molar-refractivity contribution is 5.64. The third-order valence-corrected chi connectivity index (χ3v) is 1.88. The predicted octanol–water partition coefficient (Wildman–Crippen LogP) is 0.363. The lowest BCUT2D eigenvalue weighted by Gasteiger charge is -2.03. The van der Waals surface area contributed by atoms with Crippen molar-refractivity contribution in [2.45, 2.75) is 25.7 Å². The zero-order valence-corrected chi connectivity index (χ0v) is 8.59. The van der Waals surface area contributed by atoms with E-state index in [2.05, 4.69) is 10.6 Å². The summed E-state index contributed by atoms with van der Waals surface area (Å²) in [6.45, 7) is 3.12. The first kappa shape index (κ1) is 13.2. The SMILES string of the molecule is NCCNCCCCCCNC(=O)O. The number of unbranched alkanes of at least 4 members (excludes halogenated alkanes) is 3. The van der Waals surface area contributed by atoms with Crippen LogP contribution in [0.1, 0.15) is 25.7 Å². The van der Waals surface area contributed by atoms with Gasteiger partial charge in [-0.1, -0.05) is 12.8 Å². The van der Waals surface area contributed by atoms with Gasteiger partial charge in [-0.05, 0) is 19.4 Å². The van der Waals surface area contributed by atoms with E-state index in [1.165, 1.54) is 0 Å². The Hall–Kier alpha value is -0.810. The van der Waals surface area contributed by atoms with Gasteiger partial charge in [0.25, 0.3) is 0 Å². The topological polar surface area (TPSA) is 87.4 Å². The molecule has 1 amide bonds. The van der Waals surface area contributed by atoms with Crippen LogP contribution >= 0.6 is 0 Å². The fraction of sp³-hybridized carbons (Fsp3) is 0.889. The third kappa shape index (κ3) is 11.2. The van der Waals surface area contributed by atoms with E-state index in [-0.39, 0.29) is 0 Å². The van der Waals surface area contributed by atoms with Crippen molar-refractivity contribution in [2.75, 3.05) is 26.2 Å². The van der Waals surface area contributed by atoms with Gasteiger partial charge in [0.1, 0.15) is 0 Å². The van der Waals surface area contributed by atoms with Crippen LogP contribution in [-0.2, 0) is 0 Å². The van der Waals surface area contributed by atoms with Crippen LogP contribution in [0.15, 0.2) is 0 Å². The number of nitrogens with two attached hydrogens (primary N) is 1. The number of carbonyl (C=O) groups is 1. The van der Waals surface area contributed by atoms with Gasteiger partial charge < -0.3 is 21.5 Å². The molecule has 0 bridgehead atoms. The maximum absolute atomic E-state index is 10.1. The molecule has 0 rings (SSSR count). The number of nitrogens with one attached hydrogen (secondary N) is 2. The Bertz CT molecular complexity index is 142. The maximum atomic E-state index is 10.1. The van der Waals surface area contributed by atoms with Crippen LogP contribution in [-0.4, -0.2) is 37.4 Å². The van der Waals surface area contributed by atoms with Gasteiger partial charge in [0.2, 0.25) is 0 Å². The summed E-state index contributed by atoms with van der Waals surface area (Å²) in [4.78, 5) is 10.1. The molecule has 0 heterocycles. The second-order valence-electron chi connectivity index (χ2n) is 3.18. The predicted molar refractivity (Wildman–Crippen MR) is 56.4 cm³/mol. The number of hydrogen-bond acceptors (Lipinski definition) is 3. The first-order chi connectivity index (χ1) is 6.77. The molecule has 0 unspecified atom stereocenters. The lowest BCUT2D eigenvalue weighted by molar-refractivity contribution is 0.194. The van der Waals surface area contributed by atoms with Gasteiger partial charge in [0.15, 0.2) is 0 Å². The van der Waals surface area contributed by atoms with Gasteiger partial charge in [-0.2, -0.15) is 0 Å². The van der Waals surface area contributed by atoms with Gasteiger partial charge in [0, 0.05) is 19.6 Å². The fourth-order valence-corrected chi connectivity index (χ4v) is 1.15. The molecule has 0 spiro atoms. The molecule has 0 atom stereocenters. The molecule has 0 aliphatic rings. The quantitative estimate of drug-likeness (QED) is 0.408. The number of rotatable bonds is 9. The normalized spacial score (nSPS) is 10.1. The van der Waals surface area contributed by atoms with Crippen molar-refractivity contribution < 1.29 is 9.90 Å². The molecule has 84 valence electrons. The summed E-state index contributed by atoms with van der Waals surface area (Å²) in [5.74, 6) is 0. The Morgan fingerprint density at radius 3 is 2.29 bits per heavy atom. The van der Waals surface area contributed by atoms with Crippen molar-refractivity contribution in [2.24, 2.45) is 5.73 Å². The lowest BCUT2D eigenvalue weighted by atomic mass is 10.2. The van der Waals surface area contributed by atoms with Gasteiger partial charge in [-0.3, -0.25) is 0 Å². The molecule has 5 heteroatoms. The second-order valence-corrected chi connectivity index (χ2v) is 3.18. The van der Waals surface area contributed by atoms with E-state index >= 15 is 0 Å². The summed E-state index contributed by atoms with van der Waals surface area (Å²) in [6.07, 6.45) is 3.33. The Labute approximate surface area is 85.1 Å². The Morgan fingerprint density at radius 2 is 1.71 bits per heavy atom. The summed E-state index contributed by atoms with van der Waals surface area (Å²) in [5, 5.41) is 13.8. The van der Waals surface area contributed by atoms with Crippen LogP contribution < -0.4 is 16.4 Å². The van der Waals surface area contributed by atoms with E-state index in [4.69, 9.17) is 10.8 Å². The fourth-order valence-electron chi connectivity index (χ4n) is 1.15. The monoisotopic (exact) mass is 203 g/mol. The van der Waals surface area contributed by atoms with Crippen molar-refractivity contribution >= 4 is 6.09 Å². The van der Waals surface area contributed by atoms with Crippen LogP contribution in [0.5, 0.6) is 0 Å². The lowest BCUT2D eigenvalue weighted by Crippen LogP contribution is -2.23. The van der Waals surface area contributed by atoms with E-state index in [0.29, 0.717) is 13.1 Å². The molecular formula is C9H21N3O2. The van der Waals surface area contributed by atoms with Crippen molar-refractivity contribution in [1.29, 1.82) is 0 Å². The highest BCUT2D eigenvalue weighted by Gasteiger charge is 1.93. The molecule has 0 saturated carbocycles. The molecule has 0 fully saturated rings. The molecule has 5 N–H and O–H groups in total. The molecule has 0 aromatic heterocycles. The summed E-state index contributed by atoms with van der Waals surface area (Å²) in [6, 6.07) is 0. The van der Waals surface area contributed by atoms with Crippen molar-refractivity contribution in [3.63, 3.8) is 0 Å². The largest absolute Gasteiger partial charge is 0.465 e. The van der Waals surface area contributed by atoms with Gasteiger partial charge in [-0.25, -0.2) is 4.79 Å². The minimum Gasteiger partial charge on any atom is -0.465 e. The Balaban J connectivity index is 2.88. The number of carboxylic acid groups (broad SMARTS) is 1. The zero-order valence-electron chi connectivity index (χ0n) is 8.59. The average Bonchev–Trinajstić information content (AvgIpc) is 2.15. The molecule has 0 aromatic rings. The smallest absolute Gasteiger partial charge is 0.404 e. The molecule has 5 nitrogen and oxygen atoms in total. The van der Waals surface area contributed by atoms with E-state index in [1.54, 1.807) is 0 Å². The molecule has 0 aromatic carbocycles.